The minimum absolute atomic E-state index is 0.256. The number of amides is 1. The van der Waals surface area contributed by atoms with Crippen LogP contribution in [0.25, 0.3) is 11.1 Å². The predicted octanol–water partition coefficient (Wildman–Crippen LogP) is 7.05. The Hall–Kier alpha value is -3.48. The van der Waals surface area contributed by atoms with Crippen molar-refractivity contribution in [2.24, 2.45) is 0 Å². The van der Waals surface area contributed by atoms with Crippen molar-refractivity contribution in [2.75, 3.05) is 13.1 Å². The maximum absolute atomic E-state index is 13.5. The van der Waals surface area contributed by atoms with Crippen LogP contribution >= 0.6 is 0 Å². The zero-order valence-corrected chi connectivity index (χ0v) is 17.8. The Bertz CT molecular complexity index is 1180. The number of fused-ring (bicyclic) bond motifs is 3. The van der Waals surface area contributed by atoms with E-state index in [2.05, 4.69) is 0 Å². The SMILES string of the molecule is O=C(Oc1ccc(Oc2ccc3c(c2)Cc2cccc(C(F)(F)F)c2-3)cc1)N1CCCCC1. The molecule has 0 unspecified atom stereocenters. The third-order valence-electron chi connectivity index (χ3n) is 6.06. The fourth-order valence-electron chi connectivity index (χ4n) is 4.48. The maximum Gasteiger partial charge on any atom is 0.417 e. The number of nitrogens with zero attached hydrogens (tertiary/aromatic N) is 1. The van der Waals surface area contributed by atoms with Gasteiger partial charge >= 0.3 is 12.3 Å². The molecule has 5 rings (SSSR count). The Balaban J connectivity index is 1.29. The average Bonchev–Trinajstić information content (AvgIpc) is 3.18. The number of carbonyl (C=O) groups excluding carboxylic acids is 1. The second-order valence-electron chi connectivity index (χ2n) is 8.32. The van der Waals surface area contributed by atoms with Gasteiger partial charge in [-0.05, 0) is 90.4 Å². The van der Waals surface area contributed by atoms with Crippen molar-refractivity contribution in [3.63, 3.8) is 0 Å². The maximum atomic E-state index is 13.5. The van der Waals surface area contributed by atoms with Gasteiger partial charge in [-0.15, -0.1) is 0 Å². The van der Waals surface area contributed by atoms with Gasteiger partial charge in [0.1, 0.15) is 17.2 Å². The van der Waals surface area contributed by atoms with Gasteiger partial charge in [-0.25, -0.2) is 4.79 Å². The number of alkyl halides is 3. The molecule has 1 heterocycles. The molecule has 1 aliphatic heterocycles. The number of benzene rings is 3. The summed E-state index contributed by atoms with van der Waals surface area (Å²) in [6.07, 6.45) is -1.21. The molecular formula is C26H22F3NO3. The summed E-state index contributed by atoms with van der Waals surface area (Å²) in [4.78, 5) is 13.9. The largest absolute Gasteiger partial charge is 0.457 e. The summed E-state index contributed by atoms with van der Waals surface area (Å²) in [5, 5.41) is 0. The average molecular weight is 453 g/mol. The van der Waals surface area contributed by atoms with Gasteiger partial charge in [-0.2, -0.15) is 13.2 Å². The molecule has 170 valence electrons. The Kier molecular flexibility index (Phi) is 5.48. The van der Waals surface area contributed by atoms with Crippen molar-refractivity contribution >= 4 is 6.09 Å². The zero-order valence-electron chi connectivity index (χ0n) is 17.8. The van der Waals surface area contributed by atoms with Crippen LogP contribution in [0, 0.1) is 0 Å². The van der Waals surface area contributed by atoms with Crippen LogP contribution in [0.5, 0.6) is 17.2 Å². The lowest BCUT2D eigenvalue weighted by molar-refractivity contribution is -0.137. The number of ether oxygens (including phenoxy) is 2. The summed E-state index contributed by atoms with van der Waals surface area (Å²) in [6, 6.07) is 16.2. The van der Waals surface area contributed by atoms with Crippen molar-refractivity contribution in [1.29, 1.82) is 0 Å². The number of likely N-dealkylation sites (tertiary alicyclic amines) is 1. The molecule has 1 fully saturated rings. The van der Waals surface area contributed by atoms with Crippen molar-refractivity contribution in [3.05, 3.63) is 77.4 Å². The fraction of sp³-hybridized carbons (Fsp3) is 0.269. The topological polar surface area (TPSA) is 38.8 Å². The van der Waals surface area contributed by atoms with Crippen molar-refractivity contribution < 1.29 is 27.4 Å². The molecule has 0 aromatic heterocycles. The van der Waals surface area contributed by atoms with Crippen LogP contribution in [-0.4, -0.2) is 24.1 Å². The van der Waals surface area contributed by atoms with Crippen LogP contribution in [0.4, 0.5) is 18.0 Å². The molecule has 0 radical (unpaired) electrons. The summed E-state index contributed by atoms with van der Waals surface area (Å²) in [5.74, 6) is 1.51. The molecule has 0 saturated carbocycles. The molecule has 3 aromatic rings. The summed E-state index contributed by atoms with van der Waals surface area (Å²) in [5.41, 5.74) is 1.70. The second-order valence-corrected chi connectivity index (χ2v) is 8.32. The van der Waals surface area contributed by atoms with Gasteiger partial charge in [0.2, 0.25) is 0 Å². The van der Waals surface area contributed by atoms with Gasteiger partial charge in [-0.3, -0.25) is 0 Å². The molecule has 4 nitrogen and oxygen atoms in total. The van der Waals surface area contributed by atoms with E-state index in [1.165, 1.54) is 6.07 Å². The van der Waals surface area contributed by atoms with Crippen LogP contribution in [0.15, 0.2) is 60.7 Å². The Labute approximate surface area is 189 Å². The van der Waals surface area contributed by atoms with Gasteiger partial charge in [-0.1, -0.05) is 18.2 Å². The van der Waals surface area contributed by atoms with Crippen LogP contribution in [0.1, 0.15) is 36.0 Å². The lowest BCUT2D eigenvalue weighted by Gasteiger charge is -2.25. The highest BCUT2D eigenvalue weighted by Crippen LogP contribution is 2.45. The molecule has 1 saturated heterocycles. The summed E-state index contributed by atoms with van der Waals surface area (Å²) in [6.45, 7) is 1.43. The highest BCUT2D eigenvalue weighted by molar-refractivity contribution is 5.80. The lowest BCUT2D eigenvalue weighted by atomic mass is 9.99. The van der Waals surface area contributed by atoms with Gasteiger partial charge in [0.05, 0.1) is 5.56 Å². The highest BCUT2D eigenvalue weighted by atomic mass is 19.4. The van der Waals surface area contributed by atoms with Gasteiger partial charge in [0, 0.05) is 13.1 Å². The van der Waals surface area contributed by atoms with Crippen molar-refractivity contribution in [2.45, 2.75) is 31.9 Å². The Morgan fingerprint density at radius 1 is 0.818 bits per heavy atom. The number of halogens is 3. The molecule has 3 aromatic carbocycles. The predicted molar refractivity (Wildman–Crippen MR) is 118 cm³/mol. The highest BCUT2D eigenvalue weighted by Gasteiger charge is 2.36. The summed E-state index contributed by atoms with van der Waals surface area (Å²) >= 11 is 0. The monoisotopic (exact) mass is 453 g/mol. The van der Waals surface area contributed by atoms with Crippen molar-refractivity contribution in [1.82, 2.24) is 4.90 Å². The van der Waals surface area contributed by atoms with Gasteiger partial charge in [0.25, 0.3) is 0 Å². The van der Waals surface area contributed by atoms with E-state index in [0.29, 0.717) is 47.9 Å². The molecule has 0 N–H and O–H groups in total. The normalized spacial score (nSPS) is 15.1. The molecule has 1 aliphatic carbocycles. The number of piperidine rings is 1. The molecule has 33 heavy (non-hydrogen) atoms. The number of rotatable bonds is 3. The van der Waals surface area contributed by atoms with Crippen molar-refractivity contribution in [3.8, 4) is 28.4 Å². The van der Waals surface area contributed by atoms with Gasteiger partial charge in [0.15, 0.2) is 0 Å². The smallest absolute Gasteiger partial charge is 0.417 e. The van der Waals surface area contributed by atoms with E-state index in [1.54, 1.807) is 53.4 Å². The second kappa shape index (κ2) is 8.46. The number of hydrogen-bond acceptors (Lipinski definition) is 3. The lowest BCUT2D eigenvalue weighted by Crippen LogP contribution is -2.37. The van der Waals surface area contributed by atoms with E-state index >= 15 is 0 Å². The zero-order chi connectivity index (χ0) is 23.0. The number of hydrogen-bond donors (Lipinski definition) is 0. The van der Waals surface area contributed by atoms with E-state index < -0.39 is 11.7 Å². The minimum atomic E-state index is -4.40. The Morgan fingerprint density at radius 2 is 1.52 bits per heavy atom. The molecule has 0 spiro atoms. The quantitative estimate of drug-likeness (QED) is 0.334. The first kappa shape index (κ1) is 21.4. The third kappa shape index (κ3) is 4.40. The first-order chi connectivity index (χ1) is 15.9. The van der Waals surface area contributed by atoms with E-state index in [0.717, 1.165) is 30.9 Å². The first-order valence-electron chi connectivity index (χ1n) is 11.0. The molecule has 7 heteroatoms. The van der Waals surface area contributed by atoms with Crippen LogP contribution in [0.3, 0.4) is 0 Å². The fourth-order valence-corrected chi connectivity index (χ4v) is 4.48. The molecular weight excluding hydrogens is 431 g/mol. The molecule has 0 bridgehead atoms. The third-order valence-corrected chi connectivity index (χ3v) is 6.06. The van der Waals surface area contributed by atoms with E-state index in [4.69, 9.17) is 9.47 Å². The van der Waals surface area contributed by atoms with Gasteiger partial charge < -0.3 is 14.4 Å². The number of carbonyl (C=O) groups is 1. The first-order valence-corrected chi connectivity index (χ1v) is 11.0. The van der Waals surface area contributed by atoms with Crippen LogP contribution in [0.2, 0.25) is 0 Å². The standard InChI is InChI=1S/C26H22F3NO3/c27-26(28,29)23-6-4-5-17-15-18-16-21(11-12-22(18)24(17)23)32-19-7-9-20(10-8-19)33-25(31)30-13-2-1-3-14-30/h4-12,16H,1-3,13-15H2. The van der Waals surface area contributed by atoms with E-state index in [1.807, 2.05) is 0 Å². The molecule has 1 amide bonds. The van der Waals surface area contributed by atoms with Crippen LogP contribution < -0.4 is 9.47 Å². The summed E-state index contributed by atoms with van der Waals surface area (Å²) in [7, 11) is 0. The minimum Gasteiger partial charge on any atom is -0.457 e. The summed E-state index contributed by atoms with van der Waals surface area (Å²) < 4.78 is 51.7. The van der Waals surface area contributed by atoms with E-state index in [9.17, 15) is 18.0 Å². The van der Waals surface area contributed by atoms with Crippen LogP contribution in [-0.2, 0) is 12.6 Å². The molecule has 0 atom stereocenters. The van der Waals surface area contributed by atoms with E-state index in [-0.39, 0.29) is 11.7 Å². The Morgan fingerprint density at radius 3 is 2.24 bits per heavy atom. The molecule has 2 aliphatic rings.